The quantitative estimate of drug-likeness (QED) is 0.759. The molecule has 0 spiro atoms. The average molecular weight is 338 g/mol. The van der Waals surface area contributed by atoms with Crippen molar-refractivity contribution < 1.29 is 9.90 Å². The maximum absolute atomic E-state index is 12.4. The normalized spacial score (nSPS) is 15.5. The highest BCUT2D eigenvalue weighted by Gasteiger charge is 2.27. The molecule has 22 heavy (non-hydrogen) atoms. The van der Waals surface area contributed by atoms with E-state index in [0.29, 0.717) is 6.42 Å². The zero-order chi connectivity index (χ0) is 16.2. The number of aromatic nitrogens is 1. The van der Waals surface area contributed by atoms with Gasteiger partial charge < -0.3 is 10.4 Å². The van der Waals surface area contributed by atoms with Crippen LogP contribution in [0, 0.1) is 0 Å². The molecule has 1 aromatic carbocycles. The highest BCUT2D eigenvalue weighted by molar-refractivity contribution is 8.02. The zero-order valence-corrected chi connectivity index (χ0v) is 14.8. The van der Waals surface area contributed by atoms with Crippen LogP contribution >= 0.6 is 23.1 Å². The number of amides is 1. The van der Waals surface area contributed by atoms with Crippen LogP contribution in [0.5, 0.6) is 0 Å². The van der Waals surface area contributed by atoms with Gasteiger partial charge in [-0.15, -0.1) is 11.3 Å². The molecule has 2 unspecified atom stereocenters. The van der Waals surface area contributed by atoms with Gasteiger partial charge in [-0.05, 0) is 38.8 Å². The molecule has 120 valence electrons. The van der Waals surface area contributed by atoms with Gasteiger partial charge in [-0.25, -0.2) is 4.98 Å². The van der Waals surface area contributed by atoms with E-state index in [1.165, 1.54) is 11.8 Å². The van der Waals surface area contributed by atoms with E-state index in [2.05, 4.69) is 10.3 Å². The third-order valence-electron chi connectivity index (χ3n) is 3.79. The Hall–Kier alpha value is -1.11. The fraction of sp³-hybridized carbons (Fsp3) is 0.500. The van der Waals surface area contributed by atoms with Crippen LogP contribution in [0.25, 0.3) is 10.2 Å². The van der Waals surface area contributed by atoms with Gasteiger partial charge in [0.15, 0.2) is 4.34 Å². The zero-order valence-electron chi connectivity index (χ0n) is 13.1. The lowest BCUT2D eigenvalue weighted by molar-refractivity contribution is -0.122. The Balaban J connectivity index is 2.01. The van der Waals surface area contributed by atoms with Gasteiger partial charge in [-0.2, -0.15) is 0 Å². The number of hydrogen-bond acceptors (Lipinski definition) is 5. The van der Waals surface area contributed by atoms with Crippen molar-refractivity contribution in [1.82, 2.24) is 10.3 Å². The lowest BCUT2D eigenvalue weighted by Gasteiger charge is -2.30. The number of carbonyl (C=O) groups excluding carboxylic acids is 1. The van der Waals surface area contributed by atoms with Gasteiger partial charge in [0, 0.05) is 12.1 Å². The van der Waals surface area contributed by atoms with Crippen molar-refractivity contribution in [2.75, 3.05) is 6.61 Å². The first-order valence-corrected chi connectivity index (χ1v) is 9.12. The summed E-state index contributed by atoms with van der Waals surface area (Å²) < 4.78 is 2.04. The molecule has 0 bridgehead atoms. The Morgan fingerprint density at radius 3 is 2.86 bits per heavy atom. The van der Waals surface area contributed by atoms with Crippen molar-refractivity contribution in [2.45, 2.75) is 48.7 Å². The van der Waals surface area contributed by atoms with Crippen LogP contribution in [0.1, 0.15) is 33.6 Å². The number of thioether (sulfide) groups is 1. The van der Waals surface area contributed by atoms with E-state index in [1.807, 2.05) is 45.0 Å². The highest BCUT2D eigenvalue weighted by atomic mass is 32.2. The lowest BCUT2D eigenvalue weighted by atomic mass is 9.95. The minimum absolute atomic E-state index is 0.0120. The Kier molecular flexibility index (Phi) is 5.83. The van der Waals surface area contributed by atoms with E-state index in [-0.39, 0.29) is 23.3 Å². The summed E-state index contributed by atoms with van der Waals surface area (Å²) in [4.78, 5) is 16.9. The number of rotatable bonds is 7. The van der Waals surface area contributed by atoms with Crippen LogP contribution < -0.4 is 5.32 Å². The minimum atomic E-state index is -0.353. The van der Waals surface area contributed by atoms with Gasteiger partial charge in [0.1, 0.15) is 0 Å². The highest BCUT2D eigenvalue weighted by Crippen LogP contribution is 2.32. The second-order valence-electron chi connectivity index (χ2n) is 5.58. The molecule has 1 heterocycles. The predicted molar refractivity (Wildman–Crippen MR) is 93.5 cm³/mol. The fourth-order valence-corrected chi connectivity index (χ4v) is 4.29. The summed E-state index contributed by atoms with van der Waals surface area (Å²) in [6.07, 6.45) is 1.35. The minimum Gasteiger partial charge on any atom is -0.396 e. The lowest BCUT2D eigenvalue weighted by Crippen LogP contribution is -2.48. The molecule has 4 nitrogen and oxygen atoms in total. The number of nitrogens with one attached hydrogen (secondary N) is 1. The standard InChI is InChI=1S/C16H22N2O2S2/c1-4-16(3,9-10-19)18-14(20)11(2)21-15-17-12-7-5-6-8-13(12)22-15/h5-8,11,19H,4,9-10H2,1-3H3,(H,18,20). The van der Waals surface area contributed by atoms with Gasteiger partial charge >= 0.3 is 0 Å². The van der Waals surface area contributed by atoms with Crippen LogP contribution in [0.15, 0.2) is 28.6 Å². The van der Waals surface area contributed by atoms with Gasteiger partial charge in [0.05, 0.1) is 15.5 Å². The first-order chi connectivity index (χ1) is 10.5. The molecule has 0 radical (unpaired) electrons. The molecule has 6 heteroatoms. The number of thiazole rings is 1. The van der Waals surface area contributed by atoms with E-state index in [9.17, 15) is 4.79 Å². The second kappa shape index (κ2) is 7.44. The van der Waals surface area contributed by atoms with Crippen LogP contribution in [-0.4, -0.2) is 33.4 Å². The molecule has 0 aliphatic heterocycles. The molecule has 0 aliphatic rings. The van der Waals surface area contributed by atoms with Gasteiger partial charge in [-0.3, -0.25) is 4.79 Å². The number of nitrogens with zero attached hydrogens (tertiary/aromatic N) is 1. The summed E-state index contributed by atoms with van der Waals surface area (Å²) >= 11 is 3.09. The Morgan fingerprint density at radius 1 is 1.50 bits per heavy atom. The number of aliphatic hydroxyl groups excluding tert-OH is 1. The Morgan fingerprint density at radius 2 is 2.23 bits per heavy atom. The van der Waals surface area contributed by atoms with Crippen LogP contribution in [0.4, 0.5) is 0 Å². The number of carbonyl (C=O) groups is 1. The van der Waals surface area contributed by atoms with E-state index < -0.39 is 0 Å². The third-order valence-corrected chi connectivity index (χ3v) is 6.02. The summed E-state index contributed by atoms with van der Waals surface area (Å²) in [5.41, 5.74) is 0.620. The Bertz CT molecular complexity index is 611. The third kappa shape index (κ3) is 4.21. The first-order valence-electron chi connectivity index (χ1n) is 7.42. The fourth-order valence-electron chi connectivity index (χ4n) is 2.08. The van der Waals surface area contributed by atoms with Gasteiger partial charge in [0.2, 0.25) is 5.91 Å². The molecule has 1 aromatic heterocycles. The van der Waals surface area contributed by atoms with Gasteiger partial charge in [0.25, 0.3) is 0 Å². The summed E-state index contributed by atoms with van der Waals surface area (Å²) in [5, 5.41) is 12.0. The number of hydrogen-bond donors (Lipinski definition) is 2. The van der Waals surface area contributed by atoms with Crippen LogP contribution in [0.2, 0.25) is 0 Å². The summed E-state index contributed by atoms with van der Waals surface area (Å²) in [7, 11) is 0. The molecule has 2 N–H and O–H groups in total. The average Bonchev–Trinajstić information content (AvgIpc) is 2.89. The van der Waals surface area contributed by atoms with Crippen molar-refractivity contribution in [3.05, 3.63) is 24.3 Å². The topological polar surface area (TPSA) is 62.2 Å². The van der Waals surface area contributed by atoms with Crippen molar-refractivity contribution in [1.29, 1.82) is 0 Å². The SMILES string of the molecule is CCC(C)(CCO)NC(=O)C(C)Sc1nc2ccccc2s1. The molecular formula is C16H22N2O2S2. The van der Waals surface area contributed by atoms with Crippen LogP contribution in [0.3, 0.4) is 0 Å². The molecule has 2 aromatic rings. The largest absolute Gasteiger partial charge is 0.396 e. The number of aliphatic hydroxyl groups is 1. The molecule has 0 aliphatic carbocycles. The number of fused-ring (bicyclic) bond motifs is 1. The maximum Gasteiger partial charge on any atom is 0.233 e. The van der Waals surface area contributed by atoms with Crippen molar-refractivity contribution in [2.24, 2.45) is 0 Å². The van der Waals surface area contributed by atoms with Gasteiger partial charge in [-0.1, -0.05) is 30.8 Å². The number of para-hydroxylation sites is 1. The summed E-state index contributed by atoms with van der Waals surface area (Å²) in [5.74, 6) is -0.0120. The summed E-state index contributed by atoms with van der Waals surface area (Å²) in [6.45, 7) is 5.95. The predicted octanol–water partition coefficient (Wildman–Crippen LogP) is 3.44. The Labute approximate surface area is 139 Å². The monoisotopic (exact) mass is 338 g/mol. The molecule has 0 saturated carbocycles. The molecule has 2 atom stereocenters. The van der Waals surface area contributed by atoms with E-state index >= 15 is 0 Å². The van der Waals surface area contributed by atoms with Crippen molar-refractivity contribution in [3.63, 3.8) is 0 Å². The molecule has 0 fully saturated rings. The molecule has 0 saturated heterocycles. The first kappa shape index (κ1) is 17.2. The molecule has 2 rings (SSSR count). The molecule has 1 amide bonds. The van der Waals surface area contributed by atoms with E-state index in [0.717, 1.165) is 21.0 Å². The maximum atomic E-state index is 12.4. The second-order valence-corrected chi connectivity index (χ2v) is 8.20. The van der Waals surface area contributed by atoms with Crippen molar-refractivity contribution >= 4 is 39.2 Å². The van der Waals surface area contributed by atoms with E-state index in [4.69, 9.17) is 5.11 Å². The van der Waals surface area contributed by atoms with Crippen molar-refractivity contribution in [3.8, 4) is 0 Å². The van der Waals surface area contributed by atoms with Crippen LogP contribution in [-0.2, 0) is 4.79 Å². The van der Waals surface area contributed by atoms with E-state index in [1.54, 1.807) is 11.3 Å². The number of benzene rings is 1. The molecular weight excluding hydrogens is 316 g/mol. The summed E-state index contributed by atoms with van der Waals surface area (Å²) in [6, 6.07) is 7.98. The smallest absolute Gasteiger partial charge is 0.233 e.